The van der Waals surface area contributed by atoms with Gasteiger partial charge in [-0.05, 0) is 58.8 Å². The number of aryl methyl sites for hydroxylation is 2. The van der Waals surface area contributed by atoms with Gasteiger partial charge in [0.25, 0.3) is 0 Å². The highest BCUT2D eigenvalue weighted by Gasteiger charge is 2.27. The van der Waals surface area contributed by atoms with Gasteiger partial charge in [-0.3, -0.25) is 0 Å². The molecule has 178 valence electrons. The van der Waals surface area contributed by atoms with Crippen molar-refractivity contribution in [1.29, 1.82) is 0 Å². The summed E-state index contributed by atoms with van der Waals surface area (Å²) < 4.78 is 0. The summed E-state index contributed by atoms with van der Waals surface area (Å²) in [4.78, 5) is 0. The Morgan fingerprint density at radius 1 is 0.531 bits per heavy atom. The summed E-state index contributed by atoms with van der Waals surface area (Å²) in [5, 5.41) is 3.31. The van der Waals surface area contributed by atoms with Gasteiger partial charge in [-0.2, -0.15) is 0 Å². The molecule has 0 spiro atoms. The Morgan fingerprint density at radius 2 is 0.844 bits per heavy atom. The maximum Gasteiger partial charge on any atom is 0.0779 e. The molecule has 0 bridgehead atoms. The number of hydrogen-bond donors (Lipinski definition) is 0. The number of unbranched alkanes of at least 4 members (excludes halogenated alkanes) is 1. The molecular formula is C30H50Si2. The van der Waals surface area contributed by atoms with Gasteiger partial charge in [-0.25, -0.2) is 0 Å². The molecule has 0 saturated heterocycles. The molecule has 0 aromatic heterocycles. The maximum atomic E-state index is 2.55. The number of benzene rings is 2. The van der Waals surface area contributed by atoms with E-state index in [0.717, 1.165) is 0 Å². The van der Waals surface area contributed by atoms with Crippen molar-refractivity contribution in [3.8, 4) is 0 Å². The smallest absolute Gasteiger partial charge is 0.0656 e. The first kappa shape index (κ1) is 27.1. The molecule has 0 radical (unpaired) electrons. The van der Waals surface area contributed by atoms with Crippen molar-refractivity contribution in [1.82, 2.24) is 0 Å². The van der Waals surface area contributed by atoms with E-state index in [1.54, 1.807) is 21.5 Å². The number of hydrogen-bond acceptors (Lipinski definition) is 0. The Balaban J connectivity index is 2.11. The highest BCUT2D eigenvalue weighted by atomic mass is 28.3. The first-order valence-electron chi connectivity index (χ1n) is 12.7. The predicted octanol–water partition coefficient (Wildman–Crippen LogP) is 7.94. The summed E-state index contributed by atoms with van der Waals surface area (Å²) in [7, 11) is -2.72. The number of rotatable bonds is 7. The van der Waals surface area contributed by atoms with Gasteiger partial charge in [0.1, 0.15) is 0 Å². The fourth-order valence-corrected chi connectivity index (χ4v) is 8.47. The zero-order chi connectivity index (χ0) is 24.5. The molecule has 0 heterocycles. The second kappa shape index (κ2) is 9.62. The van der Waals surface area contributed by atoms with Crippen LogP contribution in [0.3, 0.4) is 0 Å². The van der Waals surface area contributed by atoms with E-state index in [9.17, 15) is 0 Å². The Morgan fingerprint density at radius 3 is 1.09 bits per heavy atom. The van der Waals surface area contributed by atoms with E-state index in [2.05, 4.69) is 117 Å². The van der Waals surface area contributed by atoms with Crippen LogP contribution in [0.5, 0.6) is 0 Å². The molecule has 0 atom stereocenters. The topological polar surface area (TPSA) is 0 Å². The first-order valence-corrected chi connectivity index (χ1v) is 19.7. The molecule has 0 fully saturated rings. The van der Waals surface area contributed by atoms with Crippen molar-refractivity contribution < 1.29 is 0 Å². The van der Waals surface area contributed by atoms with Gasteiger partial charge in [-0.15, -0.1) is 0 Å². The molecule has 0 saturated carbocycles. The maximum absolute atomic E-state index is 2.55. The monoisotopic (exact) mass is 466 g/mol. The van der Waals surface area contributed by atoms with Crippen LogP contribution in [0.2, 0.25) is 39.3 Å². The van der Waals surface area contributed by atoms with Crippen LogP contribution in [0.1, 0.15) is 76.6 Å². The fourth-order valence-electron chi connectivity index (χ4n) is 4.70. The van der Waals surface area contributed by atoms with Crippen LogP contribution in [-0.2, 0) is 23.7 Å². The van der Waals surface area contributed by atoms with E-state index in [1.807, 2.05) is 0 Å². The standard InChI is InChI=1S/C30H50Si2/c1-29(2,3)25-19-17-23(21-27(25)31(7,8)9)15-13-14-16-24-18-20-26(30(4,5)6)28(22-24)32(10,11)12/h17-22H,13-16H2,1-12H3. The van der Waals surface area contributed by atoms with E-state index >= 15 is 0 Å². The molecule has 32 heavy (non-hydrogen) atoms. The van der Waals surface area contributed by atoms with Crippen LogP contribution in [0.4, 0.5) is 0 Å². The van der Waals surface area contributed by atoms with E-state index in [4.69, 9.17) is 0 Å². The minimum absolute atomic E-state index is 0.224. The SMILES string of the molecule is CC(C)(C)c1ccc(CCCCc2ccc(C(C)(C)C)c([Si](C)(C)C)c2)cc1[Si](C)(C)C. The molecule has 0 amide bonds. The van der Waals surface area contributed by atoms with E-state index in [1.165, 1.54) is 36.8 Å². The summed E-state index contributed by atoms with van der Waals surface area (Å²) in [5.41, 5.74) is 6.61. The summed E-state index contributed by atoms with van der Waals surface area (Å²) in [6.07, 6.45) is 4.93. The van der Waals surface area contributed by atoms with Crippen molar-refractivity contribution in [3.63, 3.8) is 0 Å². The molecule has 0 aliphatic rings. The highest BCUT2D eigenvalue weighted by molar-refractivity contribution is 6.89. The first-order chi connectivity index (χ1) is 14.4. The molecule has 0 nitrogen and oxygen atoms in total. The Kier molecular flexibility index (Phi) is 8.16. The van der Waals surface area contributed by atoms with Crippen LogP contribution >= 0.6 is 0 Å². The summed E-state index contributed by atoms with van der Waals surface area (Å²) in [6, 6.07) is 14.7. The van der Waals surface area contributed by atoms with Crippen LogP contribution in [-0.4, -0.2) is 16.1 Å². The molecule has 2 aromatic rings. The molecular weight excluding hydrogens is 417 g/mol. The molecule has 0 N–H and O–H groups in total. The lowest BCUT2D eigenvalue weighted by Gasteiger charge is -2.30. The van der Waals surface area contributed by atoms with E-state index in [-0.39, 0.29) is 10.8 Å². The minimum atomic E-state index is -1.36. The van der Waals surface area contributed by atoms with Crippen LogP contribution in [0, 0.1) is 0 Å². The van der Waals surface area contributed by atoms with Crippen molar-refractivity contribution in [2.75, 3.05) is 0 Å². The van der Waals surface area contributed by atoms with Gasteiger partial charge in [0, 0.05) is 0 Å². The summed E-state index contributed by atoms with van der Waals surface area (Å²) in [5.74, 6) is 0. The Labute approximate surface area is 202 Å². The van der Waals surface area contributed by atoms with Crippen LogP contribution < -0.4 is 10.4 Å². The van der Waals surface area contributed by atoms with Gasteiger partial charge in [0.05, 0.1) is 16.1 Å². The van der Waals surface area contributed by atoms with Crippen molar-refractivity contribution in [2.24, 2.45) is 0 Å². The molecule has 0 aliphatic carbocycles. The molecule has 0 unspecified atom stereocenters. The second-order valence-electron chi connectivity index (χ2n) is 14.0. The molecule has 0 aliphatic heterocycles. The van der Waals surface area contributed by atoms with Crippen molar-refractivity contribution >= 4 is 26.5 Å². The van der Waals surface area contributed by atoms with Gasteiger partial charge in [0.2, 0.25) is 0 Å². The van der Waals surface area contributed by atoms with Gasteiger partial charge >= 0.3 is 0 Å². The third kappa shape index (κ3) is 7.19. The third-order valence-corrected chi connectivity index (χ3v) is 10.6. The highest BCUT2D eigenvalue weighted by Crippen LogP contribution is 2.26. The van der Waals surface area contributed by atoms with Gasteiger partial charge < -0.3 is 0 Å². The zero-order valence-electron chi connectivity index (χ0n) is 23.3. The van der Waals surface area contributed by atoms with E-state index in [0.29, 0.717) is 0 Å². The Hall–Kier alpha value is -1.13. The third-order valence-electron chi connectivity index (χ3n) is 6.58. The fraction of sp³-hybridized carbons (Fsp3) is 0.600. The van der Waals surface area contributed by atoms with Crippen molar-refractivity contribution in [2.45, 2.75) is 117 Å². The Bertz CT molecular complexity index is 832. The lowest BCUT2D eigenvalue weighted by molar-refractivity contribution is 0.592. The molecule has 2 heteroatoms. The minimum Gasteiger partial charge on any atom is -0.0656 e. The van der Waals surface area contributed by atoms with Gasteiger partial charge in [-0.1, -0.05) is 128 Å². The normalized spacial score (nSPS) is 13.5. The largest absolute Gasteiger partial charge is 0.0779 e. The van der Waals surface area contributed by atoms with Crippen molar-refractivity contribution in [3.05, 3.63) is 58.7 Å². The molecule has 2 rings (SSSR count). The van der Waals surface area contributed by atoms with Crippen LogP contribution in [0.15, 0.2) is 36.4 Å². The average molecular weight is 467 g/mol. The summed E-state index contributed by atoms with van der Waals surface area (Å²) >= 11 is 0. The van der Waals surface area contributed by atoms with Crippen LogP contribution in [0.25, 0.3) is 0 Å². The second-order valence-corrected chi connectivity index (χ2v) is 24.0. The zero-order valence-corrected chi connectivity index (χ0v) is 25.3. The van der Waals surface area contributed by atoms with E-state index < -0.39 is 16.1 Å². The lowest BCUT2D eigenvalue weighted by Crippen LogP contribution is -2.43. The quantitative estimate of drug-likeness (QED) is 0.287. The lowest BCUT2D eigenvalue weighted by atomic mass is 9.86. The predicted molar refractivity (Wildman–Crippen MR) is 153 cm³/mol. The summed E-state index contributed by atoms with van der Waals surface area (Å²) in [6.45, 7) is 29.0. The van der Waals surface area contributed by atoms with Gasteiger partial charge in [0.15, 0.2) is 0 Å². The average Bonchev–Trinajstić information content (AvgIpc) is 2.62. The molecule has 2 aromatic carbocycles.